The highest BCUT2D eigenvalue weighted by atomic mass is 15.2. The number of aromatic nitrogens is 2. The van der Waals surface area contributed by atoms with E-state index in [1.54, 1.807) is 0 Å². The summed E-state index contributed by atoms with van der Waals surface area (Å²) in [6, 6.07) is 17.3. The molecule has 2 heterocycles. The van der Waals surface area contributed by atoms with Gasteiger partial charge in [0, 0.05) is 19.6 Å². The fourth-order valence-corrected chi connectivity index (χ4v) is 3.25. The van der Waals surface area contributed by atoms with E-state index >= 15 is 0 Å². The molecule has 0 N–H and O–H groups in total. The second-order valence-electron chi connectivity index (χ2n) is 6.18. The number of fused-ring (bicyclic) bond motifs is 3. The van der Waals surface area contributed by atoms with Gasteiger partial charge in [-0.2, -0.15) is 0 Å². The Labute approximate surface area is 131 Å². The second-order valence-corrected chi connectivity index (χ2v) is 6.18. The Kier molecular flexibility index (Phi) is 3.43. The van der Waals surface area contributed by atoms with Crippen molar-refractivity contribution in [2.24, 2.45) is 0 Å². The Hall–Kier alpha value is -2.13. The first-order chi connectivity index (χ1) is 10.8. The number of para-hydroxylation sites is 2. The summed E-state index contributed by atoms with van der Waals surface area (Å²) in [6.45, 7) is 6.36. The van der Waals surface area contributed by atoms with Crippen molar-refractivity contribution in [3.63, 3.8) is 0 Å². The number of nitrogens with zero attached hydrogens (tertiary/aromatic N) is 3. The largest absolute Gasteiger partial charge is 0.326 e. The van der Waals surface area contributed by atoms with Crippen molar-refractivity contribution in [1.29, 1.82) is 0 Å². The van der Waals surface area contributed by atoms with Crippen LogP contribution in [0.15, 0.2) is 48.5 Å². The van der Waals surface area contributed by atoms with Gasteiger partial charge in [0.05, 0.1) is 17.6 Å². The molecule has 0 fully saturated rings. The van der Waals surface area contributed by atoms with Crippen LogP contribution in [-0.2, 0) is 19.5 Å². The monoisotopic (exact) mass is 291 g/mol. The second kappa shape index (κ2) is 5.58. The quantitative estimate of drug-likeness (QED) is 0.737. The highest BCUT2D eigenvalue weighted by molar-refractivity contribution is 5.75. The van der Waals surface area contributed by atoms with Crippen LogP contribution >= 0.6 is 0 Å². The lowest BCUT2D eigenvalue weighted by Gasteiger charge is -2.27. The van der Waals surface area contributed by atoms with Crippen LogP contribution in [0, 0.1) is 6.92 Å². The number of hydrogen-bond acceptors (Lipinski definition) is 2. The molecule has 0 unspecified atom stereocenters. The number of benzene rings is 2. The topological polar surface area (TPSA) is 21.1 Å². The normalized spacial score (nSPS) is 15.1. The molecule has 0 saturated heterocycles. The first-order valence-corrected chi connectivity index (χ1v) is 8.02. The van der Waals surface area contributed by atoms with E-state index in [-0.39, 0.29) is 0 Å². The van der Waals surface area contributed by atoms with Gasteiger partial charge in [-0.3, -0.25) is 4.90 Å². The number of imidazole rings is 1. The van der Waals surface area contributed by atoms with Gasteiger partial charge >= 0.3 is 0 Å². The average molecular weight is 291 g/mol. The van der Waals surface area contributed by atoms with Gasteiger partial charge in [0.1, 0.15) is 5.82 Å². The minimum atomic E-state index is 0.959. The van der Waals surface area contributed by atoms with Crippen LogP contribution < -0.4 is 0 Å². The smallest absolute Gasteiger partial charge is 0.124 e. The third-order valence-corrected chi connectivity index (χ3v) is 4.58. The molecular formula is C19H21N3. The van der Waals surface area contributed by atoms with Crippen LogP contribution in [0.3, 0.4) is 0 Å². The zero-order valence-corrected chi connectivity index (χ0v) is 13.0. The molecule has 1 aliphatic heterocycles. The summed E-state index contributed by atoms with van der Waals surface area (Å²) in [5.74, 6) is 1.20. The SMILES string of the molecule is Cc1ccc(CCN2CCn3c(nc4ccccc43)C2)cc1. The maximum Gasteiger partial charge on any atom is 0.124 e. The van der Waals surface area contributed by atoms with Crippen LogP contribution in [0.4, 0.5) is 0 Å². The van der Waals surface area contributed by atoms with Crippen molar-refractivity contribution in [1.82, 2.24) is 14.5 Å². The Balaban J connectivity index is 1.46. The standard InChI is InChI=1S/C19H21N3/c1-15-6-8-16(9-7-15)10-11-21-12-13-22-18-5-3-2-4-17(18)20-19(22)14-21/h2-9H,10-14H2,1H3. The summed E-state index contributed by atoms with van der Waals surface area (Å²) in [6.07, 6.45) is 1.11. The lowest BCUT2D eigenvalue weighted by Crippen LogP contribution is -2.35. The van der Waals surface area contributed by atoms with Gasteiger partial charge < -0.3 is 4.57 Å². The lowest BCUT2D eigenvalue weighted by atomic mass is 10.1. The van der Waals surface area contributed by atoms with Crippen molar-refractivity contribution in [3.8, 4) is 0 Å². The van der Waals surface area contributed by atoms with Gasteiger partial charge in [0.2, 0.25) is 0 Å². The number of rotatable bonds is 3. The van der Waals surface area contributed by atoms with Crippen LogP contribution in [-0.4, -0.2) is 27.5 Å². The number of hydrogen-bond donors (Lipinski definition) is 0. The molecule has 3 nitrogen and oxygen atoms in total. The van der Waals surface area contributed by atoms with E-state index in [1.807, 2.05) is 0 Å². The third-order valence-electron chi connectivity index (χ3n) is 4.58. The van der Waals surface area contributed by atoms with E-state index in [9.17, 15) is 0 Å². The summed E-state index contributed by atoms with van der Waals surface area (Å²) in [7, 11) is 0. The Morgan fingerprint density at radius 3 is 2.68 bits per heavy atom. The van der Waals surface area contributed by atoms with E-state index in [2.05, 4.69) is 64.9 Å². The van der Waals surface area contributed by atoms with Crippen molar-refractivity contribution in [2.75, 3.05) is 13.1 Å². The summed E-state index contributed by atoms with van der Waals surface area (Å²) < 4.78 is 2.37. The minimum absolute atomic E-state index is 0.959. The fourth-order valence-electron chi connectivity index (χ4n) is 3.25. The molecule has 0 spiro atoms. The molecule has 3 heteroatoms. The zero-order chi connectivity index (χ0) is 14.9. The molecule has 0 amide bonds. The zero-order valence-electron chi connectivity index (χ0n) is 13.0. The summed E-state index contributed by atoms with van der Waals surface area (Å²) in [4.78, 5) is 7.31. The molecular weight excluding hydrogens is 270 g/mol. The molecule has 1 aromatic heterocycles. The van der Waals surface area contributed by atoms with Gasteiger partial charge in [0.25, 0.3) is 0 Å². The first kappa shape index (κ1) is 13.5. The van der Waals surface area contributed by atoms with Gasteiger partial charge in [-0.25, -0.2) is 4.98 Å². The summed E-state index contributed by atoms with van der Waals surface area (Å²) in [5.41, 5.74) is 5.15. The molecule has 3 aromatic rings. The molecule has 0 radical (unpaired) electrons. The predicted molar refractivity (Wildman–Crippen MR) is 89.9 cm³/mol. The molecule has 2 aromatic carbocycles. The highest BCUT2D eigenvalue weighted by Crippen LogP contribution is 2.20. The van der Waals surface area contributed by atoms with E-state index in [4.69, 9.17) is 4.98 Å². The Morgan fingerprint density at radius 2 is 1.82 bits per heavy atom. The summed E-state index contributed by atoms with van der Waals surface area (Å²) >= 11 is 0. The maximum absolute atomic E-state index is 4.79. The lowest BCUT2D eigenvalue weighted by molar-refractivity contribution is 0.222. The molecule has 0 bridgehead atoms. The van der Waals surface area contributed by atoms with Crippen molar-refractivity contribution < 1.29 is 0 Å². The molecule has 0 atom stereocenters. The molecule has 0 aliphatic carbocycles. The van der Waals surface area contributed by atoms with Crippen LogP contribution in [0.5, 0.6) is 0 Å². The van der Waals surface area contributed by atoms with Crippen LogP contribution in [0.25, 0.3) is 11.0 Å². The van der Waals surface area contributed by atoms with Gasteiger partial charge in [-0.05, 0) is 31.0 Å². The van der Waals surface area contributed by atoms with Gasteiger partial charge in [-0.1, -0.05) is 42.0 Å². The van der Waals surface area contributed by atoms with Gasteiger partial charge in [0.15, 0.2) is 0 Å². The van der Waals surface area contributed by atoms with Crippen molar-refractivity contribution in [3.05, 3.63) is 65.5 Å². The average Bonchev–Trinajstić information content (AvgIpc) is 2.92. The molecule has 4 rings (SSSR count). The van der Waals surface area contributed by atoms with Gasteiger partial charge in [-0.15, -0.1) is 0 Å². The highest BCUT2D eigenvalue weighted by Gasteiger charge is 2.19. The van der Waals surface area contributed by atoms with E-state index in [1.165, 1.54) is 22.5 Å². The van der Waals surface area contributed by atoms with Crippen LogP contribution in [0.1, 0.15) is 17.0 Å². The Bertz CT molecular complexity index is 786. The molecule has 0 saturated carbocycles. The van der Waals surface area contributed by atoms with Crippen molar-refractivity contribution in [2.45, 2.75) is 26.4 Å². The Morgan fingerprint density at radius 1 is 1.00 bits per heavy atom. The molecule has 1 aliphatic rings. The first-order valence-electron chi connectivity index (χ1n) is 8.02. The molecule has 112 valence electrons. The minimum Gasteiger partial charge on any atom is -0.326 e. The summed E-state index contributed by atoms with van der Waals surface area (Å²) in [5, 5.41) is 0. The van der Waals surface area contributed by atoms with E-state index < -0.39 is 0 Å². The van der Waals surface area contributed by atoms with Crippen molar-refractivity contribution >= 4 is 11.0 Å². The predicted octanol–water partition coefficient (Wildman–Crippen LogP) is 3.40. The van der Waals surface area contributed by atoms with E-state index in [0.29, 0.717) is 0 Å². The van der Waals surface area contributed by atoms with E-state index in [0.717, 1.165) is 38.1 Å². The maximum atomic E-state index is 4.79. The van der Waals surface area contributed by atoms with Crippen LogP contribution in [0.2, 0.25) is 0 Å². The number of aryl methyl sites for hydroxylation is 1. The fraction of sp³-hybridized carbons (Fsp3) is 0.316. The third kappa shape index (κ3) is 2.53. The molecule has 22 heavy (non-hydrogen) atoms.